The third-order valence-corrected chi connectivity index (χ3v) is 7.18. The quantitative estimate of drug-likeness (QED) is 0.517. The van der Waals surface area contributed by atoms with E-state index in [1.165, 1.54) is 51.4 Å². The lowest BCUT2D eigenvalue weighted by Crippen LogP contribution is -2.36. The first-order chi connectivity index (χ1) is 15.7. The summed E-state index contributed by atoms with van der Waals surface area (Å²) < 4.78 is 7.76. The van der Waals surface area contributed by atoms with Gasteiger partial charge in [0.2, 0.25) is 0 Å². The van der Waals surface area contributed by atoms with E-state index in [-0.39, 0.29) is 5.91 Å². The highest BCUT2D eigenvalue weighted by Gasteiger charge is 2.23. The first-order valence-corrected chi connectivity index (χ1v) is 12.2. The number of benzene rings is 2. The Morgan fingerprint density at radius 2 is 1.62 bits per heavy atom. The number of hydrogen-bond acceptors (Lipinski definition) is 3. The van der Waals surface area contributed by atoms with Crippen molar-refractivity contribution in [1.29, 1.82) is 0 Å². The summed E-state index contributed by atoms with van der Waals surface area (Å²) in [5.41, 5.74) is 3.81. The molecule has 32 heavy (non-hydrogen) atoms. The van der Waals surface area contributed by atoms with Crippen molar-refractivity contribution >= 4 is 16.9 Å². The van der Waals surface area contributed by atoms with E-state index in [1.54, 1.807) is 7.11 Å². The number of methoxy groups -OCH3 is 1. The maximum absolute atomic E-state index is 12.9. The first kappa shape index (κ1) is 21.0. The number of carbonyl (C=O) groups excluding carboxylic acids is 1. The molecule has 2 saturated carbocycles. The lowest BCUT2D eigenvalue weighted by molar-refractivity contribution is 0.0928. The molecular formula is C27H33N3O2. The fraction of sp³-hybridized carbons (Fsp3) is 0.481. The van der Waals surface area contributed by atoms with Crippen LogP contribution in [0.5, 0.6) is 5.75 Å². The minimum atomic E-state index is 0.0250. The van der Waals surface area contributed by atoms with Gasteiger partial charge in [-0.25, -0.2) is 4.98 Å². The zero-order valence-electron chi connectivity index (χ0n) is 19.0. The molecule has 1 amide bonds. The molecular weight excluding hydrogens is 398 g/mol. The smallest absolute Gasteiger partial charge is 0.251 e. The summed E-state index contributed by atoms with van der Waals surface area (Å²) in [6.07, 6.45) is 12.1. The Kier molecular flexibility index (Phi) is 6.15. The standard InChI is InChI=1S/C27H33N3O2/c1-32-23-15-12-19(13-16-23)26-29-24-18-20(27(31)28-21-8-4-2-5-9-21)14-17-25(24)30(26)22-10-6-3-7-11-22/h12-18,21-22H,2-11H2,1H3,(H,28,31). The van der Waals surface area contributed by atoms with Crippen molar-refractivity contribution in [2.45, 2.75) is 76.3 Å². The third-order valence-electron chi connectivity index (χ3n) is 7.18. The molecule has 5 rings (SSSR count). The predicted octanol–water partition coefficient (Wildman–Crippen LogP) is 6.28. The fourth-order valence-electron chi connectivity index (χ4n) is 5.41. The van der Waals surface area contributed by atoms with Gasteiger partial charge in [0.05, 0.1) is 18.1 Å². The van der Waals surface area contributed by atoms with Crippen molar-refractivity contribution in [3.63, 3.8) is 0 Å². The molecule has 5 heteroatoms. The maximum atomic E-state index is 12.9. The summed E-state index contributed by atoms with van der Waals surface area (Å²) in [5, 5.41) is 3.24. The Balaban J connectivity index is 1.51. The van der Waals surface area contributed by atoms with Crippen LogP contribution < -0.4 is 10.1 Å². The second-order valence-corrected chi connectivity index (χ2v) is 9.34. The average molecular weight is 432 g/mol. The molecule has 0 saturated heterocycles. The van der Waals surface area contributed by atoms with Crippen LogP contribution in [-0.2, 0) is 0 Å². The first-order valence-electron chi connectivity index (χ1n) is 12.2. The average Bonchev–Trinajstić information content (AvgIpc) is 3.24. The van der Waals surface area contributed by atoms with Crippen molar-refractivity contribution in [2.75, 3.05) is 7.11 Å². The van der Waals surface area contributed by atoms with E-state index in [1.807, 2.05) is 24.3 Å². The highest BCUT2D eigenvalue weighted by atomic mass is 16.5. The van der Waals surface area contributed by atoms with Gasteiger partial charge in [0, 0.05) is 23.2 Å². The van der Waals surface area contributed by atoms with Gasteiger partial charge >= 0.3 is 0 Å². The maximum Gasteiger partial charge on any atom is 0.251 e. The van der Waals surface area contributed by atoms with Crippen molar-refractivity contribution in [3.8, 4) is 17.1 Å². The largest absolute Gasteiger partial charge is 0.497 e. The van der Waals surface area contributed by atoms with Gasteiger partial charge in [0.1, 0.15) is 11.6 Å². The van der Waals surface area contributed by atoms with Crippen LogP contribution in [0.1, 0.15) is 80.6 Å². The van der Waals surface area contributed by atoms with Crippen LogP contribution >= 0.6 is 0 Å². The molecule has 0 atom stereocenters. The second-order valence-electron chi connectivity index (χ2n) is 9.34. The number of aromatic nitrogens is 2. The summed E-state index contributed by atoms with van der Waals surface area (Å²) >= 11 is 0. The number of amides is 1. The number of ether oxygens (including phenoxy) is 1. The number of fused-ring (bicyclic) bond motifs is 1. The molecule has 2 aromatic carbocycles. The van der Waals surface area contributed by atoms with Gasteiger partial charge in [-0.05, 0) is 68.1 Å². The molecule has 0 aliphatic heterocycles. The summed E-state index contributed by atoms with van der Waals surface area (Å²) in [4.78, 5) is 18.0. The molecule has 2 aliphatic rings. The van der Waals surface area contributed by atoms with E-state index in [4.69, 9.17) is 9.72 Å². The molecule has 1 N–H and O–H groups in total. The Morgan fingerprint density at radius 1 is 0.938 bits per heavy atom. The number of nitrogens with one attached hydrogen (secondary N) is 1. The molecule has 1 heterocycles. The van der Waals surface area contributed by atoms with E-state index < -0.39 is 0 Å². The van der Waals surface area contributed by atoms with Gasteiger partial charge in [-0.15, -0.1) is 0 Å². The van der Waals surface area contributed by atoms with Gasteiger partial charge in [-0.1, -0.05) is 38.5 Å². The lowest BCUT2D eigenvalue weighted by Gasteiger charge is -2.25. The number of carbonyl (C=O) groups is 1. The van der Waals surface area contributed by atoms with Crippen LogP contribution in [-0.4, -0.2) is 28.6 Å². The molecule has 0 bridgehead atoms. The van der Waals surface area contributed by atoms with Crippen molar-refractivity contribution < 1.29 is 9.53 Å². The summed E-state index contributed by atoms with van der Waals surface area (Å²) in [5.74, 6) is 1.85. The van der Waals surface area contributed by atoms with Gasteiger partial charge in [-0.3, -0.25) is 4.79 Å². The number of nitrogens with zero attached hydrogens (tertiary/aromatic N) is 2. The van der Waals surface area contributed by atoms with E-state index in [0.29, 0.717) is 17.6 Å². The summed E-state index contributed by atoms with van der Waals surface area (Å²) in [7, 11) is 1.69. The Hall–Kier alpha value is -2.82. The minimum absolute atomic E-state index is 0.0250. The van der Waals surface area contributed by atoms with Crippen molar-refractivity contribution in [1.82, 2.24) is 14.9 Å². The van der Waals surface area contributed by atoms with E-state index in [2.05, 4.69) is 28.1 Å². The lowest BCUT2D eigenvalue weighted by atomic mass is 9.94. The Labute approximate surface area is 190 Å². The molecule has 0 unspecified atom stereocenters. The van der Waals surface area contributed by atoms with E-state index in [9.17, 15) is 4.79 Å². The Morgan fingerprint density at radius 3 is 2.31 bits per heavy atom. The molecule has 168 valence electrons. The van der Waals surface area contributed by atoms with E-state index in [0.717, 1.165) is 41.0 Å². The molecule has 5 nitrogen and oxygen atoms in total. The fourth-order valence-corrected chi connectivity index (χ4v) is 5.41. The number of rotatable bonds is 5. The second kappa shape index (κ2) is 9.35. The normalized spacial score (nSPS) is 18.0. The van der Waals surface area contributed by atoms with Crippen LogP contribution in [0.4, 0.5) is 0 Å². The zero-order chi connectivity index (χ0) is 21.9. The SMILES string of the molecule is COc1ccc(-c2nc3cc(C(=O)NC4CCCCC4)ccc3n2C2CCCCC2)cc1. The topological polar surface area (TPSA) is 56.1 Å². The van der Waals surface area contributed by atoms with Gasteiger partial charge < -0.3 is 14.6 Å². The predicted molar refractivity (Wildman–Crippen MR) is 128 cm³/mol. The molecule has 2 aliphatic carbocycles. The van der Waals surface area contributed by atoms with Crippen LogP contribution in [0, 0.1) is 0 Å². The van der Waals surface area contributed by atoms with Crippen LogP contribution in [0.25, 0.3) is 22.4 Å². The van der Waals surface area contributed by atoms with Gasteiger partial charge in [0.15, 0.2) is 0 Å². The highest BCUT2D eigenvalue weighted by molar-refractivity contribution is 5.98. The van der Waals surface area contributed by atoms with Crippen molar-refractivity contribution in [3.05, 3.63) is 48.0 Å². The Bertz CT molecular complexity index is 1070. The van der Waals surface area contributed by atoms with Crippen LogP contribution in [0.15, 0.2) is 42.5 Å². The van der Waals surface area contributed by atoms with Crippen LogP contribution in [0.3, 0.4) is 0 Å². The van der Waals surface area contributed by atoms with Crippen molar-refractivity contribution in [2.24, 2.45) is 0 Å². The molecule has 1 aromatic heterocycles. The summed E-state index contributed by atoms with van der Waals surface area (Å²) in [6, 6.07) is 14.9. The number of imidazole rings is 1. The van der Waals surface area contributed by atoms with Crippen LogP contribution in [0.2, 0.25) is 0 Å². The zero-order valence-corrected chi connectivity index (χ0v) is 19.0. The van der Waals surface area contributed by atoms with E-state index >= 15 is 0 Å². The third kappa shape index (κ3) is 4.25. The summed E-state index contributed by atoms with van der Waals surface area (Å²) in [6.45, 7) is 0. The molecule has 2 fully saturated rings. The minimum Gasteiger partial charge on any atom is -0.497 e. The molecule has 0 spiro atoms. The molecule has 0 radical (unpaired) electrons. The highest BCUT2D eigenvalue weighted by Crippen LogP contribution is 2.36. The molecule has 3 aromatic rings. The van der Waals surface area contributed by atoms with Gasteiger partial charge in [-0.2, -0.15) is 0 Å². The van der Waals surface area contributed by atoms with Gasteiger partial charge in [0.25, 0.3) is 5.91 Å². The monoisotopic (exact) mass is 431 g/mol. The number of hydrogen-bond donors (Lipinski definition) is 1.